The van der Waals surface area contributed by atoms with E-state index in [9.17, 15) is 32.5 Å². The summed E-state index contributed by atoms with van der Waals surface area (Å²) in [4.78, 5) is 51.0. The van der Waals surface area contributed by atoms with E-state index in [4.69, 9.17) is 15.3 Å². The number of carboxylic acid groups (broad SMARTS) is 1. The molecule has 1 aromatic carbocycles. The lowest BCUT2D eigenvalue weighted by Crippen LogP contribution is -2.62. The van der Waals surface area contributed by atoms with Gasteiger partial charge in [-0.3, -0.25) is 14.1 Å². The second kappa shape index (κ2) is 11.8. The van der Waals surface area contributed by atoms with Gasteiger partial charge in [0, 0.05) is 24.9 Å². The van der Waals surface area contributed by atoms with Gasteiger partial charge >= 0.3 is 16.3 Å². The van der Waals surface area contributed by atoms with Crippen molar-refractivity contribution in [1.82, 2.24) is 19.6 Å². The summed E-state index contributed by atoms with van der Waals surface area (Å²) in [5.74, 6) is -3.86. The molecular weight excluding hydrogens is 614 g/mol. The highest BCUT2D eigenvalue weighted by Gasteiger charge is 2.51. The molecule has 2 aliphatic heterocycles. The summed E-state index contributed by atoms with van der Waals surface area (Å²) in [5, 5.41) is 22.2. The number of nitrogens with one attached hydrogen (secondary N) is 2. The first-order valence-electron chi connectivity index (χ1n) is 12.4. The number of carbonyl (C=O) groups excluding carboxylic acids is 2. The highest BCUT2D eigenvalue weighted by molar-refractivity contribution is 7.84. The lowest BCUT2D eigenvalue weighted by Gasteiger charge is -2.41. The summed E-state index contributed by atoms with van der Waals surface area (Å²) >= 11 is 2.42. The number of carboxylic acids is 1. The Bertz CT molecular complexity index is 1670. The van der Waals surface area contributed by atoms with Crippen LogP contribution in [-0.2, 0) is 29.5 Å². The van der Waals surface area contributed by atoms with E-state index in [2.05, 4.69) is 25.8 Å². The quantitative estimate of drug-likeness (QED) is 0.0745. The fourth-order valence-electron chi connectivity index (χ4n) is 4.22. The normalized spacial score (nSPS) is 20.1. The molecule has 0 aliphatic carbocycles. The number of rotatable bonds is 13. The SMILES string of the molecule is C[C@H]1[C@H](CC(=O)/C(=N\O[C@@H](COc2ccc3nc(NC4CNC4)sc3c2)C(=O)O)c2csc(N)n2)C(=O)N1S(=O)(=O)O. The molecule has 2 saturated heterocycles. The molecule has 3 aromatic rings. The summed E-state index contributed by atoms with van der Waals surface area (Å²) in [6, 6.07) is 4.43. The highest BCUT2D eigenvalue weighted by Crippen LogP contribution is 2.32. The zero-order valence-corrected chi connectivity index (χ0v) is 24.2. The number of fused-ring (bicyclic) bond motifs is 1. The number of hydrogen-bond donors (Lipinski definition) is 5. The summed E-state index contributed by atoms with van der Waals surface area (Å²) in [6.07, 6.45) is -2.13. The van der Waals surface area contributed by atoms with Crippen molar-refractivity contribution in [2.45, 2.75) is 31.5 Å². The molecule has 3 atom stereocenters. The Morgan fingerprint density at radius 3 is 2.69 bits per heavy atom. The van der Waals surface area contributed by atoms with E-state index >= 15 is 0 Å². The second-order valence-corrected chi connectivity index (χ2v) is 12.7. The van der Waals surface area contributed by atoms with Crippen LogP contribution in [0.3, 0.4) is 0 Å². The van der Waals surface area contributed by atoms with Crippen LogP contribution < -0.4 is 21.1 Å². The number of oxime groups is 1. The number of ether oxygens (including phenoxy) is 1. The van der Waals surface area contributed by atoms with Crippen molar-refractivity contribution in [2.75, 3.05) is 30.7 Å². The number of carbonyl (C=O) groups is 3. The molecule has 0 radical (unpaired) electrons. The molecular formula is C23H25N7O9S3. The molecule has 6 N–H and O–H groups in total. The number of Topliss-reactive ketones (excluding diaryl/α,β-unsaturated/α-hetero) is 1. The first-order chi connectivity index (χ1) is 19.9. The number of ketones is 1. The van der Waals surface area contributed by atoms with Crippen molar-refractivity contribution in [3.8, 4) is 5.75 Å². The van der Waals surface area contributed by atoms with Crippen molar-refractivity contribution in [3.63, 3.8) is 0 Å². The van der Waals surface area contributed by atoms with Crippen LogP contribution in [-0.4, -0.2) is 93.6 Å². The van der Waals surface area contributed by atoms with Gasteiger partial charge in [0.25, 0.3) is 6.10 Å². The monoisotopic (exact) mass is 639 g/mol. The van der Waals surface area contributed by atoms with Gasteiger partial charge in [0.05, 0.1) is 28.2 Å². The zero-order valence-electron chi connectivity index (χ0n) is 21.8. The van der Waals surface area contributed by atoms with Gasteiger partial charge in [-0.1, -0.05) is 16.5 Å². The number of nitrogen functional groups attached to an aromatic ring is 1. The Balaban J connectivity index is 1.27. The van der Waals surface area contributed by atoms with E-state index in [1.807, 2.05) is 0 Å². The summed E-state index contributed by atoms with van der Waals surface area (Å²) in [5.41, 5.74) is 6.00. The highest BCUT2D eigenvalue weighted by atomic mass is 32.2. The molecule has 0 spiro atoms. The number of nitrogens with zero attached hydrogens (tertiary/aromatic N) is 4. The van der Waals surface area contributed by atoms with Crippen molar-refractivity contribution < 1.29 is 42.0 Å². The van der Waals surface area contributed by atoms with Crippen molar-refractivity contribution in [2.24, 2.45) is 11.1 Å². The van der Waals surface area contributed by atoms with Crippen LogP contribution in [0.5, 0.6) is 5.75 Å². The first-order valence-corrected chi connectivity index (χ1v) is 15.5. The van der Waals surface area contributed by atoms with Gasteiger partial charge in [-0.05, 0) is 25.1 Å². The van der Waals surface area contributed by atoms with Crippen LogP contribution in [0.25, 0.3) is 10.2 Å². The molecule has 16 nitrogen and oxygen atoms in total. The molecule has 5 rings (SSSR count). The first kappa shape index (κ1) is 29.6. The van der Waals surface area contributed by atoms with Crippen LogP contribution in [0, 0.1) is 5.92 Å². The van der Waals surface area contributed by atoms with Gasteiger partial charge in [0.1, 0.15) is 18.1 Å². The molecule has 2 aromatic heterocycles. The van der Waals surface area contributed by atoms with Gasteiger partial charge in [0.2, 0.25) is 5.91 Å². The van der Waals surface area contributed by atoms with Crippen molar-refractivity contribution in [1.29, 1.82) is 0 Å². The maximum Gasteiger partial charge on any atom is 0.362 e. The number of aromatic nitrogens is 2. The lowest BCUT2D eigenvalue weighted by atomic mass is 9.86. The van der Waals surface area contributed by atoms with E-state index < -0.39 is 64.8 Å². The minimum Gasteiger partial charge on any atom is -0.489 e. The second-order valence-electron chi connectivity index (χ2n) is 9.49. The van der Waals surface area contributed by atoms with E-state index in [1.54, 1.807) is 18.2 Å². The van der Waals surface area contributed by atoms with Crippen LogP contribution >= 0.6 is 22.7 Å². The minimum atomic E-state index is -4.77. The molecule has 0 unspecified atom stereocenters. The maximum absolute atomic E-state index is 13.1. The molecule has 0 bridgehead atoms. The molecule has 42 heavy (non-hydrogen) atoms. The van der Waals surface area contributed by atoms with Crippen LogP contribution in [0.1, 0.15) is 19.0 Å². The average molecular weight is 640 g/mol. The van der Waals surface area contributed by atoms with Crippen molar-refractivity contribution in [3.05, 3.63) is 29.3 Å². The van der Waals surface area contributed by atoms with E-state index in [0.717, 1.165) is 39.8 Å². The predicted octanol–water partition coefficient (Wildman–Crippen LogP) is 0.581. The fourth-order valence-corrected chi connectivity index (χ4v) is 6.67. The standard InChI is InChI=1S/C23H25N7O9S3/c1-10-13(20(32)30(10)42(35,36)37)5-16(31)19(15-9-40-22(24)27-15)29-39-17(21(33)34)8-38-12-2-3-14-18(4-12)41-23(28-14)26-11-6-25-7-11/h2-4,9-11,13,17,25H,5-8H2,1H3,(H2,24,27)(H,26,28)(H,33,34)(H,35,36,37)/b29-19-/t10-,13-,17-/m0/s1. The smallest absolute Gasteiger partial charge is 0.362 e. The fraction of sp³-hybridized carbons (Fsp3) is 0.391. The van der Waals surface area contributed by atoms with Gasteiger partial charge < -0.3 is 31.0 Å². The largest absolute Gasteiger partial charge is 0.489 e. The van der Waals surface area contributed by atoms with Crippen molar-refractivity contribution >= 4 is 76.8 Å². The third-order valence-electron chi connectivity index (χ3n) is 6.59. The average Bonchev–Trinajstić information content (AvgIpc) is 3.51. The Morgan fingerprint density at radius 1 is 1.33 bits per heavy atom. The Kier molecular flexibility index (Phi) is 8.28. The predicted molar refractivity (Wildman–Crippen MR) is 152 cm³/mol. The summed E-state index contributed by atoms with van der Waals surface area (Å²) < 4.78 is 38.7. The Morgan fingerprint density at radius 2 is 2.10 bits per heavy atom. The number of anilines is 2. The van der Waals surface area contributed by atoms with Gasteiger partial charge in [-0.2, -0.15) is 8.42 Å². The maximum atomic E-state index is 13.1. The molecule has 224 valence electrons. The zero-order chi connectivity index (χ0) is 30.2. The van der Waals surface area contributed by atoms with E-state index in [-0.39, 0.29) is 15.1 Å². The van der Waals surface area contributed by atoms with Crippen LogP contribution in [0.4, 0.5) is 10.3 Å². The number of hydrogen-bond acceptors (Lipinski definition) is 15. The van der Waals surface area contributed by atoms with Crippen LogP contribution in [0.2, 0.25) is 0 Å². The molecule has 4 heterocycles. The molecule has 2 aliphatic rings. The Labute approximate surface area is 246 Å². The number of β-lactam (4-membered cyclic amide) rings is 1. The summed E-state index contributed by atoms with van der Waals surface area (Å²) in [6.45, 7) is 2.60. The van der Waals surface area contributed by atoms with E-state index in [1.165, 1.54) is 23.6 Å². The van der Waals surface area contributed by atoms with Crippen LogP contribution in [0.15, 0.2) is 28.7 Å². The number of nitrogens with two attached hydrogens (primary N) is 1. The summed E-state index contributed by atoms with van der Waals surface area (Å²) in [7, 11) is -4.77. The minimum absolute atomic E-state index is 0.0173. The third kappa shape index (κ3) is 6.28. The third-order valence-corrected chi connectivity index (χ3v) is 9.22. The number of thiazole rings is 2. The number of aliphatic carboxylic acids is 1. The van der Waals surface area contributed by atoms with Gasteiger partial charge in [-0.25, -0.2) is 19.1 Å². The molecule has 19 heteroatoms. The molecule has 1 amide bonds. The lowest BCUT2D eigenvalue weighted by molar-refractivity contribution is -0.152. The topological polar surface area (TPSA) is 236 Å². The number of amides is 1. The molecule has 0 saturated carbocycles. The van der Waals surface area contributed by atoms with Gasteiger partial charge in [-0.15, -0.1) is 11.3 Å². The molecule has 2 fully saturated rings. The van der Waals surface area contributed by atoms with E-state index in [0.29, 0.717) is 11.8 Å². The Hall–Kier alpha value is -3.91. The number of benzene rings is 1. The van der Waals surface area contributed by atoms with Gasteiger partial charge in [0.15, 0.2) is 21.8 Å².